The molecule has 0 aliphatic carbocycles. The van der Waals surface area contributed by atoms with Crippen LogP contribution in [0.3, 0.4) is 0 Å². The molecule has 1 atom stereocenters. The second-order valence-electron chi connectivity index (χ2n) is 6.36. The summed E-state index contributed by atoms with van der Waals surface area (Å²) in [5, 5.41) is 12.2. The fraction of sp³-hybridized carbons (Fsp3) is 0.217. The monoisotopic (exact) mass is 390 g/mol. The van der Waals surface area contributed by atoms with Crippen molar-refractivity contribution < 1.29 is 19.0 Å². The second-order valence-corrected chi connectivity index (χ2v) is 6.36. The van der Waals surface area contributed by atoms with Gasteiger partial charge in [-0.2, -0.15) is 5.26 Å². The number of benzene rings is 2. The standard InChI is InChI=1S/C23H22N2O4/c1-4-28-20-10-8-19(9-11-20)25-23(26)18(14-24)13-17-12-16-6-5-7-21(27-3)22(16)29-15(17)2/h5-13,15H,4H2,1-3H3,(H,25,26). The van der Waals surface area contributed by atoms with Crippen LogP contribution in [0.5, 0.6) is 17.2 Å². The minimum absolute atomic E-state index is 0.00747. The van der Waals surface area contributed by atoms with Crippen molar-refractivity contribution in [2.45, 2.75) is 20.0 Å². The lowest BCUT2D eigenvalue weighted by Gasteiger charge is -2.24. The van der Waals surface area contributed by atoms with E-state index >= 15 is 0 Å². The van der Waals surface area contributed by atoms with E-state index in [2.05, 4.69) is 5.32 Å². The predicted octanol–water partition coefficient (Wildman–Crippen LogP) is 4.35. The number of anilines is 1. The number of methoxy groups -OCH3 is 1. The smallest absolute Gasteiger partial charge is 0.266 e. The number of carbonyl (C=O) groups is 1. The van der Waals surface area contributed by atoms with Gasteiger partial charge in [0.2, 0.25) is 0 Å². The van der Waals surface area contributed by atoms with Crippen LogP contribution in [0.15, 0.2) is 59.7 Å². The van der Waals surface area contributed by atoms with Gasteiger partial charge in [-0.3, -0.25) is 4.79 Å². The average molecular weight is 390 g/mol. The molecule has 6 nitrogen and oxygen atoms in total. The first kappa shape index (κ1) is 20.0. The van der Waals surface area contributed by atoms with Gasteiger partial charge in [-0.1, -0.05) is 12.1 Å². The summed E-state index contributed by atoms with van der Waals surface area (Å²) in [7, 11) is 1.59. The quantitative estimate of drug-likeness (QED) is 0.586. The molecule has 0 fully saturated rings. The van der Waals surface area contributed by atoms with E-state index in [1.54, 1.807) is 37.5 Å². The van der Waals surface area contributed by atoms with Gasteiger partial charge < -0.3 is 19.5 Å². The number of nitriles is 1. The Balaban J connectivity index is 1.82. The second kappa shape index (κ2) is 8.98. The number of hydrogen-bond donors (Lipinski definition) is 1. The zero-order chi connectivity index (χ0) is 20.8. The molecule has 0 spiro atoms. The van der Waals surface area contributed by atoms with Gasteiger partial charge in [0.05, 0.1) is 13.7 Å². The molecule has 1 N–H and O–H groups in total. The summed E-state index contributed by atoms with van der Waals surface area (Å²) in [5.74, 6) is 1.52. The molecular weight excluding hydrogens is 368 g/mol. The molecule has 3 rings (SSSR count). The van der Waals surface area contributed by atoms with Gasteiger partial charge in [0.25, 0.3) is 5.91 Å². The molecule has 1 unspecified atom stereocenters. The molecule has 0 radical (unpaired) electrons. The predicted molar refractivity (Wildman–Crippen MR) is 111 cm³/mol. The maximum Gasteiger partial charge on any atom is 0.266 e. The Kier molecular flexibility index (Phi) is 6.20. The first-order chi connectivity index (χ1) is 14.0. The van der Waals surface area contributed by atoms with Crippen LogP contribution in [0.25, 0.3) is 6.08 Å². The Labute approximate surface area is 170 Å². The number of ether oxygens (including phenoxy) is 3. The van der Waals surface area contributed by atoms with Gasteiger partial charge in [-0.15, -0.1) is 0 Å². The number of nitrogens with one attached hydrogen (secondary N) is 1. The van der Waals surface area contributed by atoms with E-state index in [1.807, 2.05) is 44.2 Å². The van der Waals surface area contributed by atoms with Crippen molar-refractivity contribution in [3.8, 4) is 23.3 Å². The van der Waals surface area contributed by atoms with E-state index in [1.165, 1.54) is 0 Å². The van der Waals surface area contributed by atoms with Crippen molar-refractivity contribution in [3.05, 3.63) is 65.3 Å². The largest absolute Gasteiger partial charge is 0.494 e. The highest BCUT2D eigenvalue weighted by atomic mass is 16.5. The maximum absolute atomic E-state index is 12.6. The zero-order valence-electron chi connectivity index (χ0n) is 16.6. The summed E-state index contributed by atoms with van der Waals surface area (Å²) >= 11 is 0. The van der Waals surface area contributed by atoms with Crippen LogP contribution in [-0.4, -0.2) is 25.7 Å². The molecule has 148 valence electrons. The topological polar surface area (TPSA) is 80.6 Å². The highest BCUT2D eigenvalue weighted by molar-refractivity contribution is 6.07. The number of hydrogen-bond acceptors (Lipinski definition) is 5. The average Bonchev–Trinajstić information content (AvgIpc) is 2.73. The molecule has 2 aromatic rings. The number of fused-ring (bicyclic) bond motifs is 1. The van der Waals surface area contributed by atoms with Crippen molar-refractivity contribution in [2.75, 3.05) is 19.0 Å². The number of rotatable bonds is 6. The van der Waals surface area contributed by atoms with Gasteiger partial charge in [-0.05, 0) is 61.9 Å². The molecule has 0 saturated heterocycles. The fourth-order valence-electron chi connectivity index (χ4n) is 2.95. The number of amides is 1. The fourth-order valence-corrected chi connectivity index (χ4v) is 2.95. The maximum atomic E-state index is 12.6. The molecule has 29 heavy (non-hydrogen) atoms. The van der Waals surface area contributed by atoms with E-state index in [0.717, 1.165) is 11.1 Å². The van der Waals surface area contributed by atoms with Crippen molar-refractivity contribution >= 4 is 17.7 Å². The molecular formula is C23H22N2O4. The van der Waals surface area contributed by atoms with Gasteiger partial charge in [-0.25, -0.2) is 0 Å². The van der Waals surface area contributed by atoms with Gasteiger partial charge in [0, 0.05) is 11.3 Å². The van der Waals surface area contributed by atoms with Crippen LogP contribution in [0.2, 0.25) is 0 Å². The van der Waals surface area contributed by atoms with Crippen LogP contribution >= 0.6 is 0 Å². The molecule has 1 aliphatic heterocycles. The van der Waals surface area contributed by atoms with E-state index in [9.17, 15) is 10.1 Å². The van der Waals surface area contributed by atoms with Crippen molar-refractivity contribution in [1.29, 1.82) is 5.26 Å². The zero-order valence-corrected chi connectivity index (χ0v) is 16.6. The van der Waals surface area contributed by atoms with Gasteiger partial charge in [0.15, 0.2) is 11.5 Å². The number of para-hydroxylation sites is 1. The first-order valence-corrected chi connectivity index (χ1v) is 9.27. The lowest BCUT2D eigenvalue weighted by Crippen LogP contribution is -2.20. The Hall–Kier alpha value is -3.72. The SMILES string of the molecule is CCOc1ccc(NC(=O)C(C#N)=CC2=Cc3cccc(OC)c3OC2C)cc1. The molecule has 0 bridgehead atoms. The van der Waals surface area contributed by atoms with E-state index < -0.39 is 5.91 Å². The highest BCUT2D eigenvalue weighted by Gasteiger charge is 2.22. The summed E-state index contributed by atoms with van der Waals surface area (Å²) in [6.07, 6.45) is 3.12. The lowest BCUT2D eigenvalue weighted by atomic mass is 10.00. The summed E-state index contributed by atoms with van der Waals surface area (Å²) in [6.45, 7) is 4.33. The molecule has 6 heteroatoms. The van der Waals surface area contributed by atoms with Crippen molar-refractivity contribution in [3.63, 3.8) is 0 Å². The van der Waals surface area contributed by atoms with Gasteiger partial charge in [0.1, 0.15) is 23.5 Å². The summed E-state index contributed by atoms with van der Waals surface area (Å²) < 4.78 is 16.7. The third kappa shape index (κ3) is 4.58. The Morgan fingerprint density at radius 1 is 1.28 bits per heavy atom. The first-order valence-electron chi connectivity index (χ1n) is 9.27. The van der Waals surface area contributed by atoms with Crippen LogP contribution in [0, 0.1) is 11.3 Å². The molecule has 1 heterocycles. The molecule has 0 saturated carbocycles. The van der Waals surface area contributed by atoms with Crippen LogP contribution in [0.1, 0.15) is 19.4 Å². The number of carbonyl (C=O) groups excluding carboxylic acids is 1. The summed E-state index contributed by atoms with van der Waals surface area (Å²) in [5.41, 5.74) is 2.13. The molecule has 1 amide bonds. The Bertz CT molecular complexity index is 1000. The van der Waals surface area contributed by atoms with Crippen molar-refractivity contribution in [2.24, 2.45) is 0 Å². The summed E-state index contributed by atoms with van der Waals surface area (Å²) in [4.78, 5) is 12.6. The van der Waals surface area contributed by atoms with Crippen LogP contribution < -0.4 is 19.5 Å². The third-order valence-corrected chi connectivity index (χ3v) is 4.41. The molecule has 2 aromatic carbocycles. The molecule has 0 aromatic heterocycles. The Morgan fingerprint density at radius 3 is 2.69 bits per heavy atom. The summed E-state index contributed by atoms with van der Waals surface area (Å²) in [6, 6.07) is 14.5. The minimum Gasteiger partial charge on any atom is -0.494 e. The van der Waals surface area contributed by atoms with Crippen LogP contribution in [0.4, 0.5) is 5.69 Å². The lowest BCUT2D eigenvalue weighted by molar-refractivity contribution is -0.112. The van der Waals surface area contributed by atoms with Crippen LogP contribution in [-0.2, 0) is 4.79 Å². The Morgan fingerprint density at radius 2 is 2.03 bits per heavy atom. The van der Waals surface area contributed by atoms with Crippen molar-refractivity contribution in [1.82, 2.24) is 0 Å². The van der Waals surface area contributed by atoms with E-state index in [-0.39, 0.29) is 11.7 Å². The van der Waals surface area contributed by atoms with E-state index in [4.69, 9.17) is 14.2 Å². The van der Waals surface area contributed by atoms with Gasteiger partial charge >= 0.3 is 0 Å². The highest BCUT2D eigenvalue weighted by Crippen LogP contribution is 2.38. The van der Waals surface area contributed by atoms with E-state index in [0.29, 0.717) is 29.5 Å². The number of nitrogens with zero attached hydrogens (tertiary/aromatic N) is 1. The molecule has 1 aliphatic rings. The normalized spacial score (nSPS) is 15.3. The third-order valence-electron chi connectivity index (χ3n) is 4.41. The minimum atomic E-state index is -0.485.